The number of carbonyl (C=O) groups excluding carboxylic acids is 1. The third-order valence-electron chi connectivity index (χ3n) is 4.44. The SMILES string of the molecule is CCCCCCCOC(=O)C(C)CCC(CCC)C1=NCCS1. The predicted molar refractivity (Wildman–Crippen MR) is 101 cm³/mol. The smallest absolute Gasteiger partial charge is 0.308 e. The lowest BCUT2D eigenvalue weighted by Crippen LogP contribution is -2.18. The van der Waals surface area contributed by atoms with Crippen molar-refractivity contribution in [3.05, 3.63) is 0 Å². The molecule has 0 bridgehead atoms. The van der Waals surface area contributed by atoms with Gasteiger partial charge in [-0.05, 0) is 25.7 Å². The van der Waals surface area contributed by atoms with Crippen LogP contribution >= 0.6 is 11.8 Å². The fourth-order valence-electron chi connectivity index (χ4n) is 2.93. The molecule has 1 rings (SSSR count). The maximum absolute atomic E-state index is 12.1. The van der Waals surface area contributed by atoms with E-state index in [1.165, 1.54) is 43.6 Å². The van der Waals surface area contributed by atoms with Crippen LogP contribution in [0.5, 0.6) is 0 Å². The zero-order valence-electron chi connectivity index (χ0n) is 15.3. The van der Waals surface area contributed by atoms with Crippen molar-refractivity contribution in [1.82, 2.24) is 0 Å². The molecule has 0 radical (unpaired) electrons. The lowest BCUT2D eigenvalue weighted by molar-refractivity contribution is -0.148. The van der Waals surface area contributed by atoms with Crippen molar-refractivity contribution in [1.29, 1.82) is 0 Å². The molecule has 1 aliphatic heterocycles. The van der Waals surface area contributed by atoms with Gasteiger partial charge in [0.15, 0.2) is 0 Å². The zero-order valence-corrected chi connectivity index (χ0v) is 16.1. The van der Waals surface area contributed by atoms with Gasteiger partial charge in [0.1, 0.15) is 0 Å². The van der Waals surface area contributed by atoms with Crippen LogP contribution in [0.4, 0.5) is 0 Å². The number of hydrogen-bond donors (Lipinski definition) is 0. The minimum Gasteiger partial charge on any atom is -0.465 e. The number of carbonyl (C=O) groups is 1. The van der Waals surface area contributed by atoms with Crippen LogP contribution in [-0.4, -0.2) is 29.9 Å². The first-order valence-electron chi connectivity index (χ1n) is 9.52. The minimum absolute atomic E-state index is 0.0111. The number of aliphatic imine (C=N–C) groups is 1. The van der Waals surface area contributed by atoms with Crippen molar-refractivity contribution in [2.45, 2.75) is 78.6 Å². The monoisotopic (exact) mass is 341 g/mol. The van der Waals surface area contributed by atoms with E-state index in [-0.39, 0.29) is 11.9 Å². The zero-order chi connectivity index (χ0) is 16.9. The van der Waals surface area contributed by atoms with Gasteiger partial charge in [0.05, 0.1) is 17.6 Å². The molecule has 0 saturated heterocycles. The van der Waals surface area contributed by atoms with Crippen molar-refractivity contribution in [3.8, 4) is 0 Å². The summed E-state index contributed by atoms with van der Waals surface area (Å²) in [6, 6.07) is 0. The molecule has 3 nitrogen and oxygen atoms in total. The van der Waals surface area contributed by atoms with Crippen LogP contribution < -0.4 is 0 Å². The van der Waals surface area contributed by atoms with Crippen LogP contribution in [0, 0.1) is 11.8 Å². The molecule has 2 unspecified atom stereocenters. The number of ether oxygens (including phenoxy) is 1. The summed E-state index contributed by atoms with van der Waals surface area (Å²) in [6.45, 7) is 8.00. The second kappa shape index (κ2) is 12.9. The molecule has 1 aliphatic rings. The summed E-state index contributed by atoms with van der Waals surface area (Å²) in [7, 11) is 0. The summed E-state index contributed by atoms with van der Waals surface area (Å²) in [5.74, 6) is 1.68. The fourth-order valence-corrected chi connectivity index (χ4v) is 3.97. The Morgan fingerprint density at radius 3 is 2.57 bits per heavy atom. The first-order valence-corrected chi connectivity index (χ1v) is 10.5. The average molecular weight is 342 g/mol. The Hall–Kier alpha value is -0.510. The van der Waals surface area contributed by atoms with Gasteiger partial charge in [-0.2, -0.15) is 0 Å². The molecule has 134 valence electrons. The van der Waals surface area contributed by atoms with Gasteiger partial charge in [-0.1, -0.05) is 52.9 Å². The highest BCUT2D eigenvalue weighted by molar-refractivity contribution is 8.14. The second-order valence-corrected chi connectivity index (χ2v) is 7.73. The summed E-state index contributed by atoms with van der Waals surface area (Å²) in [5.41, 5.74) is 0. The van der Waals surface area contributed by atoms with Crippen molar-refractivity contribution in [2.75, 3.05) is 18.9 Å². The lowest BCUT2D eigenvalue weighted by Gasteiger charge is -2.18. The largest absolute Gasteiger partial charge is 0.465 e. The van der Waals surface area contributed by atoms with Gasteiger partial charge in [-0.25, -0.2) is 0 Å². The Morgan fingerprint density at radius 1 is 1.13 bits per heavy atom. The Kier molecular flexibility index (Phi) is 11.5. The minimum atomic E-state index is -0.0169. The number of esters is 1. The van der Waals surface area contributed by atoms with Gasteiger partial charge in [0.2, 0.25) is 0 Å². The van der Waals surface area contributed by atoms with E-state index in [1.807, 2.05) is 18.7 Å². The fraction of sp³-hybridized carbons (Fsp3) is 0.895. The van der Waals surface area contributed by atoms with E-state index >= 15 is 0 Å². The molecule has 0 aromatic rings. The summed E-state index contributed by atoms with van der Waals surface area (Å²) < 4.78 is 5.43. The van der Waals surface area contributed by atoms with Gasteiger partial charge < -0.3 is 4.74 Å². The number of thioether (sulfide) groups is 1. The molecule has 0 N–H and O–H groups in total. The van der Waals surface area contributed by atoms with E-state index in [0.717, 1.165) is 31.6 Å². The first kappa shape index (κ1) is 20.5. The lowest BCUT2D eigenvalue weighted by atomic mass is 9.94. The molecule has 0 amide bonds. The third-order valence-corrected chi connectivity index (χ3v) is 5.58. The summed E-state index contributed by atoms with van der Waals surface area (Å²) in [4.78, 5) is 16.7. The highest BCUT2D eigenvalue weighted by Gasteiger charge is 2.22. The number of hydrogen-bond acceptors (Lipinski definition) is 4. The van der Waals surface area contributed by atoms with E-state index in [2.05, 4.69) is 18.8 Å². The molecular weight excluding hydrogens is 306 g/mol. The molecule has 0 aliphatic carbocycles. The van der Waals surface area contributed by atoms with Crippen molar-refractivity contribution in [3.63, 3.8) is 0 Å². The van der Waals surface area contributed by atoms with E-state index in [0.29, 0.717) is 12.5 Å². The first-order chi connectivity index (χ1) is 11.2. The highest BCUT2D eigenvalue weighted by Crippen LogP contribution is 2.27. The molecule has 2 atom stereocenters. The molecule has 0 aromatic carbocycles. The molecule has 0 spiro atoms. The molecule has 1 heterocycles. The van der Waals surface area contributed by atoms with Gasteiger partial charge in [0.25, 0.3) is 0 Å². The second-order valence-electron chi connectivity index (χ2n) is 6.61. The van der Waals surface area contributed by atoms with E-state index in [4.69, 9.17) is 4.74 Å². The number of rotatable bonds is 13. The number of unbranched alkanes of at least 4 members (excludes halogenated alkanes) is 4. The van der Waals surface area contributed by atoms with Crippen LogP contribution in [-0.2, 0) is 9.53 Å². The average Bonchev–Trinajstić information content (AvgIpc) is 3.08. The molecule has 0 aromatic heterocycles. The third kappa shape index (κ3) is 8.78. The van der Waals surface area contributed by atoms with Crippen LogP contribution in [0.1, 0.15) is 78.6 Å². The maximum Gasteiger partial charge on any atom is 0.308 e. The van der Waals surface area contributed by atoms with Gasteiger partial charge >= 0.3 is 5.97 Å². The van der Waals surface area contributed by atoms with Crippen molar-refractivity contribution >= 4 is 22.8 Å². The summed E-state index contributed by atoms with van der Waals surface area (Å²) >= 11 is 1.91. The quantitative estimate of drug-likeness (QED) is 0.329. The molecule has 4 heteroatoms. The van der Waals surface area contributed by atoms with Gasteiger partial charge in [-0.3, -0.25) is 9.79 Å². The van der Waals surface area contributed by atoms with Gasteiger partial charge in [0, 0.05) is 18.2 Å². The van der Waals surface area contributed by atoms with Crippen molar-refractivity contribution < 1.29 is 9.53 Å². The number of nitrogens with zero attached hydrogens (tertiary/aromatic N) is 1. The summed E-state index contributed by atoms with van der Waals surface area (Å²) in [5, 5.41) is 1.32. The van der Waals surface area contributed by atoms with Crippen molar-refractivity contribution in [2.24, 2.45) is 16.8 Å². The molecular formula is C19H35NO2S. The molecule has 23 heavy (non-hydrogen) atoms. The van der Waals surface area contributed by atoms with Crippen LogP contribution in [0.15, 0.2) is 4.99 Å². The molecule has 0 fully saturated rings. The Balaban J connectivity index is 2.19. The normalized spacial score (nSPS) is 16.9. The standard InChI is InChI=1S/C19H35NO2S/c1-4-6-7-8-9-14-22-19(21)16(3)11-12-17(10-5-2)18-20-13-15-23-18/h16-17H,4-15H2,1-3H3. The van der Waals surface area contributed by atoms with Crippen LogP contribution in [0.2, 0.25) is 0 Å². The topological polar surface area (TPSA) is 38.7 Å². The van der Waals surface area contributed by atoms with E-state index in [9.17, 15) is 4.79 Å². The maximum atomic E-state index is 12.1. The molecule has 0 saturated carbocycles. The summed E-state index contributed by atoms with van der Waals surface area (Å²) in [6.07, 6.45) is 10.3. The van der Waals surface area contributed by atoms with E-state index < -0.39 is 0 Å². The Bertz CT molecular complexity index is 357. The highest BCUT2D eigenvalue weighted by atomic mass is 32.2. The van der Waals surface area contributed by atoms with Gasteiger partial charge in [-0.15, -0.1) is 11.8 Å². The van der Waals surface area contributed by atoms with Crippen LogP contribution in [0.3, 0.4) is 0 Å². The Labute approximate surface area is 147 Å². The van der Waals surface area contributed by atoms with Crippen LogP contribution in [0.25, 0.3) is 0 Å². The Morgan fingerprint density at radius 2 is 1.91 bits per heavy atom. The van der Waals surface area contributed by atoms with E-state index in [1.54, 1.807) is 0 Å². The predicted octanol–water partition coefficient (Wildman–Crippen LogP) is 5.48.